The molecule has 5 nitrogen and oxygen atoms in total. The van der Waals surface area contributed by atoms with E-state index in [4.69, 9.17) is 4.74 Å². The van der Waals surface area contributed by atoms with Gasteiger partial charge in [-0.05, 0) is 47.4 Å². The first-order chi connectivity index (χ1) is 21.2. The Hall–Kier alpha value is -3.33. The Bertz CT molecular complexity index is 1400. The van der Waals surface area contributed by atoms with Gasteiger partial charge in [0.2, 0.25) is 0 Å². The summed E-state index contributed by atoms with van der Waals surface area (Å²) in [4.78, 5) is 1.91. The van der Waals surface area contributed by atoms with Crippen molar-refractivity contribution in [1.29, 1.82) is 0 Å². The highest BCUT2D eigenvalue weighted by molar-refractivity contribution is 5.46. The number of benzene rings is 3. The van der Waals surface area contributed by atoms with Crippen molar-refractivity contribution < 1.29 is 54.1 Å². The van der Waals surface area contributed by atoms with Crippen molar-refractivity contribution in [1.82, 2.24) is 10.2 Å². The van der Waals surface area contributed by atoms with Crippen molar-refractivity contribution in [3.63, 3.8) is 0 Å². The summed E-state index contributed by atoms with van der Waals surface area (Å²) in [5, 5.41) is 13.2. The number of nitrogens with one attached hydrogen (secondary N) is 1. The zero-order valence-electron chi connectivity index (χ0n) is 23.8. The Morgan fingerprint density at radius 2 is 1.58 bits per heavy atom. The average molecular weight is 651 g/mol. The van der Waals surface area contributed by atoms with Gasteiger partial charge in [0.25, 0.3) is 0 Å². The van der Waals surface area contributed by atoms with Gasteiger partial charge in [0.1, 0.15) is 17.4 Å². The maximum Gasteiger partial charge on any atom is 0.461 e. The average Bonchev–Trinajstić information content (AvgIpc) is 2.96. The van der Waals surface area contributed by atoms with Crippen LogP contribution in [0.4, 0.5) is 39.5 Å². The van der Waals surface area contributed by atoms with Crippen molar-refractivity contribution in [2.45, 2.75) is 49.7 Å². The molecular formula is C31H31F9N2O3. The van der Waals surface area contributed by atoms with Crippen LogP contribution in [0.3, 0.4) is 0 Å². The van der Waals surface area contributed by atoms with Crippen LogP contribution in [0, 0.1) is 11.6 Å². The number of aliphatic hydroxyl groups is 1. The molecule has 0 radical (unpaired) electrons. The first kappa shape index (κ1) is 34.5. The minimum Gasteiger partial charge on any atom is -0.428 e. The van der Waals surface area contributed by atoms with Crippen LogP contribution in [-0.2, 0) is 23.2 Å². The van der Waals surface area contributed by atoms with Crippen molar-refractivity contribution in [2.75, 3.05) is 32.8 Å². The summed E-state index contributed by atoms with van der Waals surface area (Å²) in [6.45, 7) is 1.18. The smallest absolute Gasteiger partial charge is 0.428 e. The molecule has 3 aromatic carbocycles. The molecule has 45 heavy (non-hydrogen) atoms. The molecule has 0 aliphatic carbocycles. The summed E-state index contributed by atoms with van der Waals surface area (Å²) in [6.07, 6.45) is -17.8. The Labute approximate surface area is 253 Å². The lowest BCUT2D eigenvalue weighted by atomic mass is 9.77. The molecule has 3 aromatic rings. The van der Waals surface area contributed by atoms with Crippen LogP contribution in [-0.4, -0.2) is 67.7 Å². The molecule has 1 aliphatic rings. The number of hydrogen-bond acceptors (Lipinski definition) is 5. The van der Waals surface area contributed by atoms with E-state index in [9.17, 15) is 35.8 Å². The fraction of sp³-hybridized carbons (Fsp3) is 0.419. The minimum atomic E-state index is -5.00. The lowest BCUT2D eigenvalue weighted by Crippen LogP contribution is -2.49. The van der Waals surface area contributed by atoms with Crippen LogP contribution in [0.15, 0.2) is 66.7 Å². The van der Waals surface area contributed by atoms with E-state index in [-0.39, 0.29) is 29.7 Å². The van der Waals surface area contributed by atoms with Gasteiger partial charge in [-0.25, -0.2) is 8.78 Å². The first-order valence-electron chi connectivity index (χ1n) is 14.0. The number of hydrogen-bond donors (Lipinski definition) is 2. The third kappa shape index (κ3) is 9.35. The maximum absolute atomic E-state index is 15.2. The van der Waals surface area contributed by atoms with Crippen molar-refractivity contribution in [2.24, 2.45) is 0 Å². The van der Waals surface area contributed by atoms with Gasteiger partial charge < -0.3 is 19.9 Å². The van der Waals surface area contributed by atoms with E-state index in [0.29, 0.717) is 37.9 Å². The standard InChI is InChI=1S/C31H31F9N2O3/c32-24-13-23(14-26(15-24)45-31(39,40)28(34)35)29(16-20-4-2-1-3-5-20,41-18-25(43)17-30(36,37)38)22-6-7-27(33)21(12-22)19-42-8-10-44-11-9-42/h1-7,12-15,25,28,41,43H,8-11,16-19H2/t25?,29-/m1/s1. The van der Waals surface area contributed by atoms with Crippen LogP contribution in [0.25, 0.3) is 0 Å². The summed E-state index contributed by atoms with van der Waals surface area (Å²) >= 11 is 0. The van der Waals surface area contributed by atoms with E-state index < -0.39 is 60.7 Å². The number of morpholine rings is 1. The Balaban J connectivity index is 1.89. The molecular weight excluding hydrogens is 619 g/mol. The van der Waals surface area contributed by atoms with Gasteiger partial charge in [0, 0.05) is 37.8 Å². The summed E-state index contributed by atoms with van der Waals surface area (Å²) in [7, 11) is 0. The fourth-order valence-electron chi connectivity index (χ4n) is 5.20. The molecule has 2 atom stereocenters. The summed E-state index contributed by atoms with van der Waals surface area (Å²) in [5.74, 6) is -2.78. The van der Waals surface area contributed by atoms with Crippen LogP contribution in [0.5, 0.6) is 5.75 Å². The fourth-order valence-corrected chi connectivity index (χ4v) is 5.20. The largest absolute Gasteiger partial charge is 0.461 e. The van der Waals surface area contributed by atoms with E-state index in [2.05, 4.69) is 10.1 Å². The van der Waals surface area contributed by atoms with Crippen LogP contribution >= 0.6 is 0 Å². The second-order valence-corrected chi connectivity index (χ2v) is 10.8. The molecule has 4 rings (SSSR count). The van der Waals surface area contributed by atoms with Crippen LogP contribution in [0.1, 0.15) is 28.7 Å². The molecule has 1 saturated heterocycles. The molecule has 0 amide bonds. The third-order valence-corrected chi connectivity index (χ3v) is 7.33. The van der Waals surface area contributed by atoms with E-state index in [1.165, 1.54) is 12.1 Å². The van der Waals surface area contributed by atoms with Crippen molar-refractivity contribution in [3.05, 3.63) is 101 Å². The number of rotatable bonds is 13. The van der Waals surface area contributed by atoms with Gasteiger partial charge in [-0.3, -0.25) is 4.90 Å². The summed E-state index contributed by atoms with van der Waals surface area (Å²) in [6, 6.07) is 14.3. The predicted molar refractivity (Wildman–Crippen MR) is 146 cm³/mol. The molecule has 246 valence electrons. The summed E-state index contributed by atoms with van der Waals surface area (Å²) in [5.41, 5.74) is -1.16. The number of halogens is 9. The predicted octanol–water partition coefficient (Wildman–Crippen LogP) is 6.42. The quantitative estimate of drug-likeness (QED) is 0.209. The molecule has 1 fully saturated rings. The summed E-state index contributed by atoms with van der Waals surface area (Å²) < 4.78 is 133. The van der Waals surface area contributed by atoms with Gasteiger partial charge in [0.15, 0.2) is 0 Å². The van der Waals surface area contributed by atoms with Crippen LogP contribution < -0.4 is 10.1 Å². The number of nitrogens with zero attached hydrogens (tertiary/aromatic N) is 1. The first-order valence-corrected chi connectivity index (χ1v) is 14.0. The molecule has 1 unspecified atom stereocenters. The topological polar surface area (TPSA) is 54.0 Å². The molecule has 0 spiro atoms. The van der Waals surface area contributed by atoms with Gasteiger partial charge in [-0.2, -0.15) is 30.7 Å². The molecule has 0 saturated carbocycles. The zero-order chi connectivity index (χ0) is 32.8. The van der Waals surface area contributed by atoms with Crippen molar-refractivity contribution in [3.8, 4) is 5.75 Å². The number of ether oxygens (including phenoxy) is 2. The van der Waals surface area contributed by atoms with E-state index in [0.717, 1.165) is 18.2 Å². The second kappa shape index (κ2) is 14.4. The lowest BCUT2D eigenvalue weighted by Gasteiger charge is -2.38. The Kier molecular flexibility index (Phi) is 11.1. The Morgan fingerprint density at radius 1 is 0.889 bits per heavy atom. The highest BCUT2D eigenvalue weighted by Gasteiger charge is 2.45. The van der Waals surface area contributed by atoms with Gasteiger partial charge in [0.05, 0.1) is 31.3 Å². The van der Waals surface area contributed by atoms with E-state index in [1.54, 1.807) is 30.3 Å². The normalized spacial score (nSPS) is 16.9. The molecule has 1 aliphatic heterocycles. The second-order valence-electron chi connectivity index (χ2n) is 10.8. The van der Waals surface area contributed by atoms with Crippen molar-refractivity contribution >= 4 is 0 Å². The molecule has 1 heterocycles. The highest BCUT2D eigenvalue weighted by Crippen LogP contribution is 2.39. The molecule has 2 N–H and O–H groups in total. The highest BCUT2D eigenvalue weighted by atomic mass is 19.4. The monoisotopic (exact) mass is 650 g/mol. The maximum atomic E-state index is 15.2. The SMILES string of the molecule is OC(CN[C@@](Cc1ccccc1)(c1cc(F)cc(OC(F)(F)C(F)F)c1)c1ccc(F)c(CN2CCOCC2)c1)CC(F)(F)F. The van der Waals surface area contributed by atoms with Gasteiger partial charge in [-0.15, -0.1) is 0 Å². The van der Waals surface area contributed by atoms with E-state index in [1.807, 2.05) is 4.90 Å². The number of aliphatic hydroxyl groups excluding tert-OH is 1. The van der Waals surface area contributed by atoms with Gasteiger partial charge >= 0.3 is 18.7 Å². The molecule has 14 heteroatoms. The van der Waals surface area contributed by atoms with E-state index >= 15 is 8.78 Å². The number of alkyl halides is 7. The Morgan fingerprint density at radius 3 is 2.22 bits per heavy atom. The molecule has 0 aromatic heterocycles. The minimum absolute atomic E-state index is 0.110. The third-order valence-electron chi connectivity index (χ3n) is 7.33. The van der Waals surface area contributed by atoms with Crippen LogP contribution in [0.2, 0.25) is 0 Å². The zero-order valence-corrected chi connectivity index (χ0v) is 23.8. The van der Waals surface area contributed by atoms with Gasteiger partial charge in [-0.1, -0.05) is 36.4 Å². The molecule has 0 bridgehead atoms. The lowest BCUT2D eigenvalue weighted by molar-refractivity contribution is -0.253.